The molecule has 8 nitrogen and oxygen atoms in total. The minimum Gasteiger partial charge on any atom is -0.310 e. The number of hydrogen-bond acceptors (Lipinski definition) is 5. The monoisotopic (exact) mass is 491 g/mol. The smallest absolute Gasteiger partial charge is 0.270 e. The molecule has 0 saturated carbocycles. The Morgan fingerprint density at radius 1 is 0.838 bits per heavy atom. The molecule has 2 heterocycles. The standard InChI is InChI=1S/C29H25N5O3/c1-18-13-15-19(16-14-18)25-17-22(20-7-2-4-9-23(20)30-25)29(37)34-33-27(35)12-6-11-26-31-24-10-5-3-8-21(24)28(36)32-26/h2-5,7-10,13-17H,6,11-12H2,1H3,(H,33,35)(H,34,37)(H,31,32,36). The van der Waals surface area contributed by atoms with Crippen molar-refractivity contribution in [2.24, 2.45) is 0 Å². The number of fused-ring (bicyclic) bond motifs is 2. The Morgan fingerprint density at radius 2 is 1.51 bits per heavy atom. The molecule has 184 valence electrons. The van der Waals surface area contributed by atoms with Crippen LogP contribution in [0.3, 0.4) is 0 Å². The lowest BCUT2D eigenvalue weighted by atomic mass is 10.0. The molecule has 5 aromatic rings. The summed E-state index contributed by atoms with van der Waals surface area (Å²) in [7, 11) is 0. The summed E-state index contributed by atoms with van der Waals surface area (Å²) >= 11 is 0. The first-order valence-electron chi connectivity index (χ1n) is 12.0. The minimum atomic E-state index is -0.430. The molecule has 0 unspecified atom stereocenters. The molecule has 0 aliphatic rings. The van der Waals surface area contributed by atoms with Crippen LogP contribution in [0.25, 0.3) is 33.1 Å². The molecule has 2 aromatic heterocycles. The number of carbonyl (C=O) groups excluding carboxylic acids is 2. The Bertz CT molecular complexity index is 1680. The van der Waals surface area contributed by atoms with E-state index in [1.807, 2.05) is 61.5 Å². The number of hydrazine groups is 1. The highest BCUT2D eigenvalue weighted by Crippen LogP contribution is 2.25. The molecule has 2 amide bonds. The molecule has 0 saturated heterocycles. The number of pyridine rings is 1. The van der Waals surface area contributed by atoms with Gasteiger partial charge in [0.15, 0.2) is 0 Å². The fourth-order valence-corrected chi connectivity index (χ4v) is 4.16. The van der Waals surface area contributed by atoms with Gasteiger partial charge in [0, 0.05) is 23.8 Å². The van der Waals surface area contributed by atoms with Gasteiger partial charge >= 0.3 is 0 Å². The molecular formula is C29H25N5O3. The lowest BCUT2D eigenvalue weighted by Gasteiger charge is -2.11. The third-order valence-electron chi connectivity index (χ3n) is 6.10. The highest BCUT2D eigenvalue weighted by molar-refractivity contribution is 6.07. The summed E-state index contributed by atoms with van der Waals surface area (Å²) in [6, 6.07) is 24.2. The predicted octanol–water partition coefficient (Wildman–Crippen LogP) is 4.23. The summed E-state index contributed by atoms with van der Waals surface area (Å²) in [6.45, 7) is 2.01. The zero-order chi connectivity index (χ0) is 25.8. The number of nitrogens with zero attached hydrogens (tertiary/aromatic N) is 2. The summed E-state index contributed by atoms with van der Waals surface area (Å²) in [4.78, 5) is 49.6. The van der Waals surface area contributed by atoms with Crippen molar-refractivity contribution in [2.45, 2.75) is 26.2 Å². The first kappa shape index (κ1) is 23.9. The summed E-state index contributed by atoms with van der Waals surface area (Å²) in [5.74, 6) is -0.248. The summed E-state index contributed by atoms with van der Waals surface area (Å²) in [5, 5.41) is 1.22. The number of aryl methyl sites for hydroxylation is 2. The number of rotatable bonds is 6. The van der Waals surface area contributed by atoms with Gasteiger partial charge in [-0.25, -0.2) is 9.97 Å². The Hall–Kier alpha value is -4.85. The van der Waals surface area contributed by atoms with Crippen LogP contribution in [0.5, 0.6) is 0 Å². The lowest BCUT2D eigenvalue weighted by Crippen LogP contribution is -2.41. The molecular weight excluding hydrogens is 466 g/mol. The highest BCUT2D eigenvalue weighted by Gasteiger charge is 2.15. The summed E-state index contributed by atoms with van der Waals surface area (Å²) in [6.07, 6.45) is 1.04. The van der Waals surface area contributed by atoms with Crippen LogP contribution in [0, 0.1) is 6.92 Å². The van der Waals surface area contributed by atoms with Crippen LogP contribution in [0.2, 0.25) is 0 Å². The van der Waals surface area contributed by atoms with Crippen molar-refractivity contribution < 1.29 is 9.59 Å². The van der Waals surface area contributed by atoms with Crippen molar-refractivity contribution in [1.29, 1.82) is 0 Å². The highest BCUT2D eigenvalue weighted by atomic mass is 16.2. The van der Waals surface area contributed by atoms with E-state index in [0.29, 0.717) is 51.7 Å². The molecule has 0 fully saturated rings. The van der Waals surface area contributed by atoms with E-state index in [9.17, 15) is 14.4 Å². The number of nitrogens with one attached hydrogen (secondary N) is 3. The van der Waals surface area contributed by atoms with Crippen LogP contribution < -0.4 is 16.4 Å². The zero-order valence-corrected chi connectivity index (χ0v) is 20.2. The van der Waals surface area contributed by atoms with Crippen LogP contribution >= 0.6 is 0 Å². The topological polar surface area (TPSA) is 117 Å². The molecule has 5 rings (SSSR count). The third kappa shape index (κ3) is 5.38. The Kier molecular flexibility index (Phi) is 6.72. The first-order valence-corrected chi connectivity index (χ1v) is 12.0. The van der Waals surface area contributed by atoms with Gasteiger partial charge < -0.3 is 4.98 Å². The average Bonchev–Trinajstić information content (AvgIpc) is 2.91. The number of aromatic nitrogens is 3. The van der Waals surface area contributed by atoms with Gasteiger partial charge in [0.2, 0.25) is 5.91 Å². The second kappa shape index (κ2) is 10.4. The minimum absolute atomic E-state index is 0.155. The van der Waals surface area contributed by atoms with E-state index >= 15 is 0 Å². The molecule has 0 atom stereocenters. The van der Waals surface area contributed by atoms with Gasteiger partial charge in [-0.1, -0.05) is 60.2 Å². The number of amides is 2. The maximum absolute atomic E-state index is 13.1. The SMILES string of the molecule is Cc1ccc(-c2cc(C(=O)NNC(=O)CCCc3nc4ccccc4c(=O)[nH]3)c3ccccc3n2)cc1. The van der Waals surface area contributed by atoms with E-state index in [4.69, 9.17) is 4.98 Å². The maximum Gasteiger partial charge on any atom is 0.270 e. The number of H-pyrrole nitrogens is 1. The number of carbonyl (C=O) groups is 2. The van der Waals surface area contributed by atoms with Crippen LogP contribution in [0.1, 0.15) is 34.6 Å². The van der Waals surface area contributed by atoms with E-state index < -0.39 is 5.91 Å². The molecule has 0 bridgehead atoms. The number of aromatic amines is 1. The number of para-hydroxylation sites is 2. The van der Waals surface area contributed by atoms with E-state index in [1.54, 1.807) is 24.3 Å². The lowest BCUT2D eigenvalue weighted by molar-refractivity contribution is -0.121. The van der Waals surface area contributed by atoms with E-state index in [1.165, 1.54) is 0 Å². The van der Waals surface area contributed by atoms with E-state index in [2.05, 4.69) is 20.8 Å². The molecule has 0 aliphatic carbocycles. The average molecular weight is 492 g/mol. The molecule has 3 N–H and O–H groups in total. The second-order valence-corrected chi connectivity index (χ2v) is 8.82. The molecule has 8 heteroatoms. The van der Waals surface area contributed by atoms with Crippen LogP contribution in [0.4, 0.5) is 0 Å². The molecule has 0 spiro atoms. The largest absolute Gasteiger partial charge is 0.310 e. The Balaban J connectivity index is 1.24. The third-order valence-corrected chi connectivity index (χ3v) is 6.10. The quantitative estimate of drug-likeness (QED) is 0.307. The molecule has 3 aromatic carbocycles. The van der Waals surface area contributed by atoms with Gasteiger partial charge in [-0.05, 0) is 37.6 Å². The molecule has 0 aliphatic heterocycles. The number of hydrogen-bond donors (Lipinski definition) is 3. The van der Waals surface area contributed by atoms with Gasteiger partial charge in [0.25, 0.3) is 11.5 Å². The molecule has 0 radical (unpaired) electrons. The van der Waals surface area contributed by atoms with Crippen molar-refractivity contribution in [3.63, 3.8) is 0 Å². The Morgan fingerprint density at radius 3 is 2.27 bits per heavy atom. The van der Waals surface area contributed by atoms with Gasteiger partial charge in [0.1, 0.15) is 5.82 Å². The number of benzene rings is 3. The maximum atomic E-state index is 13.1. The van der Waals surface area contributed by atoms with Crippen molar-refractivity contribution in [3.8, 4) is 11.3 Å². The van der Waals surface area contributed by atoms with Crippen molar-refractivity contribution in [3.05, 3.63) is 106 Å². The molecule has 37 heavy (non-hydrogen) atoms. The zero-order valence-electron chi connectivity index (χ0n) is 20.2. The van der Waals surface area contributed by atoms with Crippen molar-refractivity contribution in [1.82, 2.24) is 25.8 Å². The fraction of sp³-hybridized carbons (Fsp3) is 0.138. The summed E-state index contributed by atoms with van der Waals surface area (Å²) < 4.78 is 0. The van der Waals surface area contributed by atoms with E-state index in [0.717, 1.165) is 11.1 Å². The van der Waals surface area contributed by atoms with Gasteiger partial charge in [-0.3, -0.25) is 25.2 Å². The second-order valence-electron chi connectivity index (χ2n) is 8.82. The summed E-state index contributed by atoms with van der Waals surface area (Å²) in [5.41, 5.74) is 9.23. The van der Waals surface area contributed by atoms with Crippen LogP contribution in [0.15, 0.2) is 83.7 Å². The fourth-order valence-electron chi connectivity index (χ4n) is 4.16. The van der Waals surface area contributed by atoms with Crippen LogP contribution in [-0.2, 0) is 11.2 Å². The van der Waals surface area contributed by atoms with Gasteiger partial charge in [-0.2, -0.15) is 0 Å². The van der Waals surface area contributed by atoms with Gasteiger partial charge in [0.05, 0.1) is 27.7 Å². The van der Waals surface area contributed by atoms with Crippen molar-refractivity contribution in [2.75, 3.05) is 0 Å². The van der Waals surface area contributed by atoms with Crippen LogP contribution in [-0.4, -0.2) is 26.8 Å². The Labute approximate surface area is 212 Å². The van der Waals surface area contributed by atoms with E-state index in [-0.39, 0.29) is 17.9 Å². The first-order chi connectivity index (χ1) is 18.0. The van der Waals surface area contributed by atoms with Crippen molar-refractivity contribution >= 4 is 33.6 Å². The normalized spacial score (nSPS) is 10.9. The predicted molar refractivity (Wildman–Crippen MR) is 143 cm³/mol. The van der Waals surface area contributed by atoms with Gasteiger partial charge in [-0.15, -0.1) is 0 Å².